The van der Waals surface area contributed by atoms with E-state index in [1.807, 2.05) is 43.2 Å². The second kappa shape index (κ2) is 14.7. The molecule has 3 nitrogen and oxygen atoms in total. The Morgan fingerprint density at radius 3 is 2.43 bits per heavy atom. The predicted molar refractivity (Wildman–Crippen MR) is 190 cm³/mol. The van der Waals surface area contributed by atoms with Crippen molar-refractivity contribution in [1.29, 1.82) is 0 Å². The van der Waals surface area contributed by atoms with E-state index in [2.05, 4.69) is 124 Å². The molecule has 2 aliphatic rings. The third-order valence-corrected chi connectivity index (χ3v) is 8.24. The monoisotopic (exact) mass is 781 g/mol. The van der Waals surface area contributed by atoms with Crippen molar-refractivity contribution in [2.75, 3.05) is 0 Å². The molecule has 5 aromatic rings. The molecule has 1 aliphatic heterocycles. The summed E-state index contributed by atoms with van der Waals surface area (Å²) < 4.78 is 0. The van der Waals surface area contributed by atoms with Crippen molar-refractivity contribution in [2.24, 2.45) is 5.41 Å². The predicted octanol–water partition coefficient (Wildman–Crippen LogP) is 10.2. The van der Waals surface area contributed by atoms with Crippen LogP contribution >= 0.6 is 0 Å². The average Bonchev–Trinajstić information content (AvgIpc) is 3.40. The molecule has 4 heteroatoms. The van der Waals surface area contributed by atoms with E-state index in [1.165, 1.54) is 49.7 Å². The summed E-state index contributed by atoms with van der Waals surface area (Å²) in [7, 11) is 0. The third-order valence-electron chi connectivity index (χ3n) is 8.24. The van der Waals surface area contributed by atoms with Gasteiger partial charge in [0, 0.05) is 6.20 Å². The number of pyridine rings is 1. The van der Waals surface area contributed by atoms with Crippen LogP contribution in [0.3, 0.4) is 0 Å². The number of hydrogen-bond donors (Lipinski definition) is 1. The average molecular weight is 781 g/mol. The standard InChI is InChI=1S/C29H28N.C13H14N2.Ir/c1-18-12-19(2)14-22(13-18)28-27-16-26-23-8-6-20(17-29(3,4)5)15-21(23)7-9-24(26)25(27)10-11-30-28;1-2-6-12(7-3-1)9-11-15-13-8-4-5-10-14-13;/h6-13,15H,16-17H2,1-5H3;1-8,10-11,13,15H,9H2;/q-1;-2;+3. The second-order valence-electron chi connectivity index (χ2n) is 13.4. The van der Waals surface area contributed by atoms with Gasteiger partial charge >= 0.3 is 20.1 Å². The Balaban J connectivity index is 0.000000220. The first kappa shape index (κ1) is 33.5. The Morgan fingerprint density at radius 1 is 0.891 bits per heavy atom. The van der Waals surface area contributed by atoms with Crippen LogP contribution in [0.1, 0.15) is 54.2 Å². The minimum atomic E-state index is 0. The van der Waals surface area contributed by atoms with Crippen LogP contribution < -0.4 is 5.32 Å². The Morgan fingerprint density at radius 2 is 1.70 bits per heavy atom. The molecule has 0 fully saturated rings. The van der Waals surface area contributed by atoms with Crippen molar-refractivity contribution >= 4 is 10.8 Å². The molecule has 0 bridgehead atoms. The van der Waals surface area contributed by atoms with Crippen LogP contribution in [0.5, 0.6) is 0 Å². The van der Waals surface area contributed by atoms with Gasteiger partial charge < -0.3 is 15.6 Å². The van der Waals surface area contributed by atoms with Crippen molar-refractivity contribution in [2.45, 2.75) is 60.0 Å². The molecule has 2 heterocycles. The second-order valence-corrected chi connectivity index (χ2v) is 13.4. The van der Waals surface area contributed by atoms with Crippen LogP contribution in [0.4, 0.5) is 0 Å². The fraction of sp³-hybridized carbons (Fsp3) is 0.238. The summed E-state index contributed by atoms with van der Waals surface area (Å²) >= 11 is 0. The van der Waals surface area contributed by atoms with Crippen molar-refractivity contribution in [1.82, 2.24) is 10.3 Å². The Labute approximate surface area is 288 Å². The number of nitrogens with one attached hydrogen (secondary N) is 1. The zero-order chi connectivity index (χ0) is 31.4. The van der Waals surface area contributed by atoms with Gasteiger partial charge in [-0.05, 0) is 63.0 Å². The normalized spacial score (nSPS) is 14.5. The van der Waals surface area contributed by atoms with E-state index in [0.29, 0.717) is 5.41 Å². The van der Waals surface area contributed by atoms with Gasteiger partial charge in [-0.1, -0.05) is 131 Å². The van der Waals surface area contributed by atoms with Crippen LogP contribution in [0.2, 0.25) is 0 Å². The molecule has 46 heavy (non-hydrogen) atoms. The zero-order valence-electron chi connectivity index (χ0n) is 27.4. The molecule has 1 N–H and O–H groups in total. The molecule has 1 aromatic heterocycles. The molecule has 1 atom stereocenters. The minimum Gasteiger partial charge on any atom is -0.675 e. The van der Waals surface area contributed by atoms with E-state index in [9.17, 15) is 0 Å². The summed E-state index contributed by atoms with van der Waals surface area (Å²) in [4.78, 5) is 4.79. The van der Waals surface area contributed by atoms with Crippen molar-refractivity contribution in [3.63, 3.8) is 0 Å². The van der Waals surface area contributed by atoms with Crippen LogP contribution in [-0.4, -0.2) is 11.1 Å². The first-order valence-electron chi connectivity index (χ1n) is 15.9. The fourth-order valence-electron chi connectivity index (χ4n) is 6.39. The van der Waals surface area contributed by atoms with Gasteiger partial charge in [-0.2, -0.15) is 6.20 Å². The van der Waals surface area contributed by atoms with E-state index in [-0.39, 0.29) is 26.3 Å². The first-order valence-corrected chi connectivity index (χ1v) is 15.9. The fourth-order valence-corrected chi connectivity index (χ4v) is 6.39. The number of aryl methyl sites for hydroxylation is 2. The maximum atomic E-state index is 4.79. The summed E-state index contributed by atoms with van der Waals surface area (Å²) in [5.74, 6) is 0. The molecule has 7 rings (SSSR count). The molecule has 0 spiro atoms. The molecular formula is C42H42IrN3. The van der Waals surface area contributed by atoms with Gasteiger partial charge in [-0.15, -0.1) is 41.3 Å². The molecule has 0 saturated carbocycles. The van der Waals surface area contributed by atoms with Crippen LogP contribution in [-0.2, 0) is 39.4 Å². The summed E-state index contributed by atoms with van der Waals surface area (Å²) in [5, 5.41) is 10.2. The van der Waals surface area contributed by atoms with Crippen LogP contribution in [0.25, 0.3) is 38.5 Å². The van der Waals surface area contributed by atoms with Crippen molar-refractivity contribution < 1.29 is 20.1 Å². The summed E-state index contributed by atoms with van der Waals surface area (Å²) in [6.07, 6.45) is 12.8. The summed E-state index contributed by atoms with van der Waals surface area (Å²) in [6.45, 7) is 13.2. The van der Waals surface area contributed by atoms with Gasteiger partial charge in [0.1, 0.15) is 0 Å². The van der Waals surface area contributed by atoms with Crippen LogP contribution in [0, 0.1) is 31.9 Å². The number of fused-ring (bicyclic) bond motifs is 5. The van der Waals surface area contributed by atoms with Gasteiger partial charge in [0.25, 0.3) is 0 Å². The number of allylic oxidation sites excluding steroid dienone is 2. The molecule has 234 valence electrons. The maximum absolute atomic E-state index is 4.79. The zero-order valence-corrected chi connectivity index (χ0v) is 29.8. The number of rotatable bonds is 6. The van der Waals surface area contributed by atoms with E-state index < -0.39 is 0 Å². The van der Waals surface area contributed by atoms with Gasteiger partial charge in [0.2, 0.25) is 0 Å². The van der Waals surface area contributed by atoms with E-state index >= 15 is 0 Å². The summed E-state index contributed by atoms with van der Waals surface area (Å²) in [5.41, 5.74) is 13.1. The van der Waals surface area contributed by atoms with Crippen molar-refractivity contribution in [3.8, 4) is 22.4 Å². The number of hydrogen-bond acceptors (Lipinski definition) is 2. The molecule has 4 aromatic carbocycles. The van der Waals surface area contributed by atoms with Gasteiger partial charge in [-0.25, -0.2) is 0 Å². The van der Waals surface area contributed by atoms with Gasteiger partial charge in [0.05, 0.1) is 0 Å². The van der Waals surface area contributed by atoms with Crippen molar-refractivity contribution in [3.05, 3.63) is 161 Å². The molecular weight excluding hydrogens is 739 g/mol. The number of benzene rings is 4. The van der Waals surface area contributed by atoms with Gasteiger partial charge in [0.15, 0.2) is 0 Å². The first-order chi connectivity index (χ1) is 21.7. The van der Waals surface area contributed by atoms with E-state index in [0.717, 1.165) is 36.1 Å². The van der Waals surface area contributed by atoms with Crippen LogP contribution in [0.15, 0.2) is 109 Å². The number of aromatic nitrogens is 1. The quantitative estimate of drug-likeness (QED) is 0.171. The molecule has 1 aliphatic carbocycles. The molecule has 0 amide bonds. The Hall–Kier alpha value is -3.82. The molecule has 0 radical (unpaired) electrons. The summed E-state index contributed by atoms with van der Waals surface area (Å²) in [6, 6.07) is 32.1. The van der Waals surface area contributed by atoms with E-state index in [4.69, 9.17) is 4.98 Å². The Kier molecular flexibility index (Phi) is 10.7. The molecule has 0 saturated heterocycles. The maximum Gasteiger partial charge on any atom is 3.00 e. The SMILES string of the molecule is C1=C[N-]C(N[CH-]Cc2ccccc2)C=C1.Cc1[c-]c(-c2nccc3c2Cc2c-3ccc3cc(CC(C)(C)C)ccc23)cc(C)c1.[Ir+3]. The number of nitrogens with zero attached hydrogens (tertiary/aromatic N) is 2. The Bertz CT molecular complexity index is 1840. The van der Waals surface area contributed by atoms with Gasteiger partial charge in [-0.3, -0.25) is 6.54 Å². The largest absolute Gasteiger partial charge is 3.00 e. The third kappa shape index (κ3) is 8.12. The van der Waals surface area contributed by atoms with E-state index in [1.54, 1.807) is 0 Å². The topological polar surface area (TPSA) is 39.0 Å². The molecule has 1 unspecified atom stereocenters. The minimum absolute atomic E-state index is 0. The smallest absolute Gasteiger partial charge is 0.675 e.